The summed E-state index contributed by atoms with van der Waals surface area (Å²) >= 11 is 0. The Labute approximate surface area is 199 Å². The van der Waals surface area contributed by atoms with Gasteiger partial charge >= 0.3 is 5.97 Å². The quantitative estimate of drug-likeness (QED) is 0.361. The minimum absolute atomic E-state index is 0.0405. The van der Waals surface area contributed by atoms with Gasteiger partial charge in [0.05, 0.1) is 41.5 Å². The highest BCUT2D eigenvalue weighted by Crippen LogP contribution is 2.32. The molecule has 4 rings (SSSR count). The smallest absolute Gasteiger partial charge is 0.308 e. The molecule has 1 aromatic carbocycles. The lowest BCUT2D eigenvalue weighted by atomic mass is 9.81. The molecule has 1 amide bonds. The Morgan fingerprint density at radius 1 is 1.00 bits per heavy atom. The number of benzene rings is 1. The summed E-state index contributed by atoms with van der Waals surface area (Å²) in [5.41, 5.74) is 10.7. The maximum Gasteiger partial charge on any atom is 0.308 e. The van der Waals surface area contributed by atoms with E-state index in [1.165, 1.54) is 7.11 Å². The Morgan fingerprint density at radius 2 is 1.76 bits per heavy atom. The average Bonchev–Trinajstić information content (AvgIpc) is 2.87. The second-order valence-corrected chi connectivity index (χ2v) is 8.53. The maximum atomic E-state index is 12.8. The molecule has 176 valence electrons. The lowest BCUT2D eigenvalue weighted by molar-refractivity contribution is -0.147. The summed E-state index contributed by atoms with van der Waals surface area (Å²) in [4.78, 5) is 33.5. The van der Waals surface area contributed by atoms with Crippen LogP contribution in [0.2, 0.25) is 0 Å². The highest BCUT2D eigenvalue weighted by Gasteiger charge is 2.30. The van der Waals surface area contributed by atoms with Gasteiger partial charge in [-0.1, -0.05) is 12.1 Å². The zero-order chi connectivity index (χ0) is 24.1. The van der Waals surface area contributed by atoms with E-state index >= 15 is 0 Å². The molecule has 2 aromatic heterocycles. The van der Waals surface area contributed by atoms with E-state index in [0.29, 0.717) is 48.6 Å². The number of ether oxygens (including phenoxy) is 1. The summed E-state index contributed by atoms with van der Waals surface area (Å²) < 4.78 is 4.82. The van der Waals surface area contributed by atoms with Gasteiger partial charge in [0.1, 0.15) is 5.82 Å². The molecule has 1 aliphatic rings. The number of nitrogens with one attached hydrogen (secondary N) is 2. The summed E-state index contributed by atoms with van der Waals surface area (Å²) in [7, 11) is 1.40. The standard InChI is InChI=1S/C26H29N5O3/c1-16-21(31-25(32)17-6-8-18(9-7-17)26(33)34-2)12-13-24(29-16)30-23-15-19(10-11-20(23)27)22-5-3-4-14-28-22/h3-5,10-15,17-18H,6-9,27H2,1-2H3,(H,29,30)(H,31,32). The first-order chi connectivity index (χ1) is 16.4. The molecule has 2 heterocycles. The molecule has 1 fully saturated rings. The van der Waals surface area contributed by atoms with Gasteiger partial charge in [-0.2, -0.15) is 0 Å². The molecule has 1 saturated carbocycles. The molecule has 0 bridgehead atoms. The number of esters is 1. The van der Waals surface area contributed by atoms with E-state index in [1.54, 1.807) is 6.20 Å². The van der Waals surface area contributed by atoms with Crippen molar-refractivity contribution in [1.29, 1.82) is 0 Å². The Bertz CT molecular complexity index is 1170. The van der Waals surface area contributed by atoms with Gasteiger partial charge in [0.25, 0.3) is 0 Å². The number of rotatable bonds is 6. The van der Waals surface area contributed by atoms with Gasteiger partial charge in [0.2, 0.25) is 5.91 Å². The van der Waals surface area contributed by atoms with Crippen molar-refractivity contribution in [2.24, 2.45) is 11.8 Å². The van der Waals surface area contributed by atoms with Crippen molar-refractivity contribution >= 4 is 34.8 Å². The van der Waals surface area contributed by atoms with Gasteiger partial charge in [-0.15, -0.1) is 0 Å². The summed E-state index contributed by atoms with van der Waals surface area (Å²) in [5, 5.41) is 6.26. The van der Waals surface area contributed by atoms with Crippen LogP contribution in [0, 0.1) is 18.8 Å². The first-order valence-electron chi connectivity index (χ1n) is 11.4. The number of aryl methyl sites for hydroxylation is 1. The molecule has 0 radical (unpaired) electrons. The summed E-state index contributed by atoms with van der Waals surface area (Å²) in [6.45, 7) is 1.85. The maximum absolute atomic E-state index is 12.8. The van der Waals surface area contributed by atoms with Crippen molar-refractivity contribution in [3.63, 3.8) is 0 Å². The van der Waals surface area contributed by atoms with Crippen LogP contribution in [0.1, 0.15) is 31.4 Å². The summed E-state index contributed by atoms with van der Waals surface area (Å²) in [6, 6.07) is 15.1. The minimum Gasteiger partial charge on any atom is -0.469 e. The van der Waals surface area contributed by atoms with E-state index in [-0.39, 0.29) is 23.7 Å². The molecule has 0 saturated heterocycles. The number of carbonyl (C=O) groups is 2. The van der Waals surface area contributed by atoms with E-state index in [9.17, 15) is 9.59 Å². The monoisotopic (exact) mass is 459 g/mol. The van der Waals surface area contributed by atoms with Crippen molar-refractivity contribution in [2.45, 2.75) is 32.6 Å². The van der Waals surface area contributed by atoms with Crippen molar-refractivity contribution in [1.82, 2.24) is 9.97 Å². The van der Waals surface area contributed by atoms with Crippen LogP contribution in [0.4, 0.5) is 22.9 Å². The summed E-state index contributed by atoms with van der Waals surface area (Å²) in [6.07, 6.45) is 4.43. The van der Waals surface area contributed by atoms with Crippen LogP contribution in [-0.4, -0.2) is 29.0 Å². The SMILES string of the molecule is COC(=O)C1CCC(C(=O)Nc2ccc(Nc3cc(-c4ccccn4)ccc3N)nc2C)CC1. The molecule has 0 aliphatic heterocycles. The number of hydrogen-bond acceptors (Lipinski definition) is 7. The van der Waals surface area contributed by atoms with Crippen molar-refractivity contribution in [3.8, 4) is 11.3 Å². The Hall–Kier alpha value is -3.94. The Morgan fingerprint density at radius 3 is 2.44 bits per heavy atom. The number of nitrogen functional groups attached to an aromatic ring is 1. The molecular formula is C26H29N5O3. The Balaban J connectivity index is 1.41. The normalized spacial score (nSPS) is 17.6. The fraction of sp³-hybridized carbons (Fsp3) is 0.308. The third kappa shape index (κ3) is 5.33. The third-order valence-electron chi connectivity index (χ3n) is 6.25. The van der Waals surface area contributed by atoms with Crippen molar-refractivity contribution in [3.05, 3.63) is 60.4 Å². The van der Waals surface area contributed by atoms with Crippen LogP contribution >= 0.6 is 0 Å². The van der Waals surface area contributed by atoms with Gasteiger partial charge in [0.15, 0.2) is 0 Å². The van der Waals surface area contributed by atoms with Gasteiger partial charge < -0.3 is 21.1 Å². The molecule has 8 heteroatoms. The van der Waals surface area contributed by atoms with Gasteiger partial charge in [-0.25, -0.2) is 4.98 Å². The lowest BCUT2D eigenvalue weighted by Gasteiger charge is -2.26. The molecule has 1 aliphatic carbocycles. The highest BCUT2D eigenvalue weighted by atomic mass is 16.5. The van der Waals surface area contributed by atoms with E-state index in [0.717, 1.165) is 16.9 Å². The zero-order valence-corrected chi connectivity index (χ0v) is 19.4. The highest BCUT2D eigenvalue weighted by molar-refractivity contribution is 5.93. The van der Waals surface area contributed by atoms with Crippen molar-refractivity contribution in [2.75, 3.05) is 23.5 Å². The number of nitrogens with zero attached hydrogens (tertiary/aromatic N) is 2. The van der Waals surface area contributed by atoms with Gasteiger partial charge in [-0.05, 0) is 69.0 Å². The van der Waals surface area contributed by atoms with Crippen LogP contribution in [-0.2, 0) is 14.3 Å². The molecule has 0 spiro atoms. The van der Waals surface area contributed by atoms with E-state index in [4.69, 9.17) is 10.5 Å². The molecule has 0 atom stereocenters. The fourth-order valence-corrected chi connectivity index (χ4v) is 4.25. The van der Waals surface area contributed by atoms with Gasteiger partial charge in [-0.3, -0.25) is 14.6 Å². The zero-order valence-electron chi connectivity index (χ0n) is 19.4. The molecular weight excluding hydrogens is 430 g/mol. The minimum atomic E-state index is -0.187. The number of anilines is 4. The molecule has 0 unspecified atom stereocenters. The number of carbonyl (C=O) groups excluding carboxylic acids is 2. The number of pyridine rings is 2. The summed E-state index contributed by atoms with van der Waals surface area (Å²) in [5.74, 6) is 0.173. The Kier molecular flexibility index (Phi) is 7.06. The van der Waals surface area contributed by atoms with E-state index in [2.05, 4.69) is 20.6 Å². The molecule has 3 aromatic rings. The molecule has 4 N–H and O–H groups in total. The van der Waals surface area contributed by atoms with E-state index in [1.807, 2.05) is 55.5 Å². The average molecular weight is 460 g/mol. The van der Waals surface area contributed by atoms with Crippen molar-refractivity contribution < 1.29 is 14.3 Å². The van der Waals surface area contributed by atoms with Crippen LogP contribution in [0.3, 0.4) is 0 Å². The number of hydrogen-bond donors (Lipinski definition) is 3. The topological polar surface area (TPSA) is 119 Å². The van der Waals surface area contributed by atoms with Crippen LogP contribution in [0.15, 0.2) is 54.7 Å². The van der Waals surface area contributed by atoms with Crippen LogP contribution < -0.4 is 16.4 Å². The second kappa shape index (κ2) is 10.3. The predicted molar refractivity (Wildman–Crippen MR) is 132 cm³/mol. The number of aromatic nitrogens is 2. The second-order valence-electron chi connectivity index (χ2n) is 8.53. The van der Waals surface area contributed by atoms with Crippen LogP contribution in [0.25, 0.3) is 11.3 Å². The first kappa shape index (κ1) is 23.2. The molecule has 8 nitrogen and oxygen atoms in total. The molecule has 34 heavy (non-hydrogen) atoms. The van der Waals surface area contributed by atoms with Crippen LogP contribution in [0.5, 0.6) is 0 Å². The number of nitrogens with two attached hydrogens (primary N) is 1. The van der Waals surface area contributed by atoms with Gasteiger partial charge in [0, 0.05) is 17.7 Å². The van der Waals surface area contributed by atoms with E-state index < -0.39 is 0 Å². The fourth-order valence-electron chi connectivity index (χ4n) is 4.25. The lowest BCUT2D eigenvalue weighted by Crippen LogP contribution is -2.30. The first-order valence-corrected chi connectivity index (χ1v) is 11.4. The predicted octanol–water partition coefficient (Wildman–Crippen LogP) is 4.70. The number of amides is 1. The largest absolute Gasteiger partial charge is 0.469 e. The third-order valence-corrected chi connectivity index (χ3v) is 6.25. The number of methoxy groups -OCH3 is 1.